The molecule has 1 aliphatic carbocycles. The highest BCUT2D eigenvalue weighted by Gasteiger charge is 2.31. The van der Waals surface area contributed by atoms with Crippen molar-refractivity contribution in [3.05, 3.63) is 35.4 Å². The molecular formula is C18H25NO2. The number of hydrogen-bond acceptors (Lipinski definition) is 3. The van der Waals surface area contributed by atoms with Crippen molar-refractivity contribution in [3.8, 4) is 0 Å². The number of ether oxygens (including phenoxy) is 1. The molecule has 1 heterocycles. The number of rotatable bonds is 3. The van der Waals surface area contributed by atoms with Crippen LogP contribution in [0.25, 0.3) is 0 Å². The van der Waals surface area contributed by atoms with E-state index >= 15 is 0 Å². The van der Waals surface area contributed by atoms with Gasteiger partial charge in [-0.15, -0.1) is 0 Å². The lowest BCUT2D eigenvalue weighted by molar-refractivity contribution is -0.153. The molecule has 3 heteroatoms. The van der Waals surface area contributed by atoms with E-state index in [2.05, 4.69) is 24.4 Å². The average Bonchev–Trinajstić information content (AvgIpc) is 2.54. The Hall–Kier alpha value is -1.35. The summed E-state index contributed by atoms with van der Waals surface area (Å²) in [5.41, 5.74) is 2.37. The van der Waals surface area contributed by atoms with Crippen molar-refractivity contribution in [3.63, 3.8) is 0 Å². The van der Waals surface area contributed by atoms with Crippen LogP contribution in [0.1, 0.15) is 56.1 Å². The average molecular weight is 287 g/mol. The van der Waals surface area contributed by atoms with Gasteiger partial charge in [0.05, 0.1) is 5.92 Å². The lowest BCUT2D eigenvalue weighted by Crippen LogP contribution is -2.36. The zero-order valence-electron chi connectivity index (χ0n) is 12.8. The summed E-state index contributed by atoms with van der Waals surface area (Å²) in [4.78, 5) is 12.6. The molecule has 1 N–H and O–H groups in total. The van der Waals surface area contributed by atoms with Crippen molar-refractivity contribution in [1.29, 1.82) is 0 Å². The third-order valence-electron chi connectivity index (χ3n) is 4.97. The lowest BCUT2D eigenvalue weighted by atomic mass is 9.85. The number of carbonyl (C=O) groups is 1. The maximum Gasteiger partial charge on any atom is 0.315 e. The van der Waals surface area contributed by atoms with Crippen LogP contribution in [-0.4, -0.2) is 18.6 Å². The van der Waals surface area contributed by atoms with Crippen LogP contribution in [0.2, 0.25) is 0 Å². The Kier molecular flexibility index (Phi) is 4.59. The summed E-state index contributed by atoms with van der Waals surface area (Å²) in [6, 6.07) is 8.20. The quantitative estimate of drug-likeness (QED) is 0.866. The van der Waals surface area contributed by atoms with E-state index in [0.717, 1.165) is 30.9 Å². The Balaban J connectivity index is 1.66. The minimum atomic E-state index is -0.142. The summed E-state index contributed by atoms with van der Waals surface area (Å²) < 4.78 is 5.84. The molecule has 1 fully saturated rings. The fourth-order valence-electron chi connectivity index (χ4n) is 3.67. The van der Waals surface area contributed by atoms with Crippen LogP contribution in [0.5, 0.6) is 0 Å². The van der Waals surface area contributed by atoms with Crippen molar-refractivity contribution >= 4 is 5.97 Å². The molecule has 21 heavy (non-hydrogen) atoms. The molecule has 2 aliphatic rings. The molecule has 0 amide bonds. The first-order valence-electron chi connectivity index (χ1n) is 8.27. The van der Waals surface area contributed by atoms with Gasteiger partial charge in [-0.05, 0) is 36.3 Å². The van der Waals surface area contributed by atoms with E-state index in [1.54, 1.807) is 0 Å². The number of nitrogens with one attached hydrogen (secondary N) is 1. The van der Waals surface area contributed by atoms with Gasteiger partial charge in [-0.3, -0.25) is 4.79 Å². The monoisotopic (exact) mass is 287 g/mol. The van der Waals surface area contributed by atoms with E-state index in [9.17, 15) is 4.79 Å². The van der Waals surface area contributed by atoms with Crippen molar-refractivity contribution in [2.45, 2.75) is 57.6 Å². The van der Waals surface area contributed by atoms with Gasteiger partial charge in [0.1, 0.15) is 6.10 Å². The largest absolute Gasteiger partial charge is 0.462 e. The van der Waals surface area contributed by atoms with Gasteiger partial charge in [0, 0.05) is 13.1 Å². The molecule has 3 atom stereocenters. The van der Waals surface area contributed by atoms with Gasteiger partial charge in [-0.1, -0.05) is 44.0 Å². The van der Waals surface area contributed by atoms with Crippen LogP contribution in [0, 0.1) is 5.92 Å². The van der Waals surface area contributed by atoms with Crippen LogP contribution in [0.15, 0.2) is 24.3 Å². The maximum absolute atomic E-state index is 12.6. The molecule has 1 aromatic carbocycles. The van der Waals surface area contributed by atoms with Gasteiger partial charge in [0.15, 0.2) is 0 Å². The van der Waals surface area contributed by atoms with Crippen molar-refractivity contribution < 1.29 is 9.53 Å². The molecule has 0 saturated heterocycles. The van der Waals surface area contributed by atoms with E-state index in [1.165, 1.54) is 24.8 Å². The third kappa shape index (κ3) is 3.29. The van der Waals surface area contributed by atoms with Gasteiger partial charge in [0.25, 0.3) is 0 Å². The Morgan fingerprint density at radius 1 is 1.33 bits per heavy atom. The smallest absolute Gasteiger partial charge is 0.315 e. The van der Waals surface area contributed by atoms with Crippen molar-refractivity contribution in [1.82, 2.24) is 5.32 Å². The molecule has 1 saturated carbocycles. The molecule has 1 aromatic rings. The molecule has 0 aromatic heterocycles. The molecule has 0 spiro atoms. The fourth-order valence-corrected chi connectivity index (χ4v) is 3.67. The molecule has 3 nitrogen and oxygen atoms in total. The van der Waals surface area contributed by atoms with Crippen LogP contribution < -0.4 is 5.32 Å². The minimum Gasteiger partial charge on any atom is -0.462 e. The van der Waals surface area contributed by atoms with E-state index in [1.807, 2.05) is 12.1 Å². The molecule has 1 aliphatic heterocycles. The second-order valence-electron chi connectivity index (χ2n) is 6.38. The van der Waals surface area contributed by atoms with Gasteiger partial charge in [-0.2, -0.15) is 0 Å². The molecule has 0 bridgehead atoms. The minimum absolute atomic E-state index is 0.0450. The standard InChI is InChI=1S/C18H25NO2/c1-2-13-6-5-8-15(10-13)21-18(20)17-12-19-11-14-7-3-4-9-16(14)17/h3-4,7,9,13,15,17,19H,2,5-6,8,10-12H2,1H3. The number of fused-ring (bicyclic) bond motifs is 1. The Morgan fingerprint density at radius 3 is 3.05 bits per heavy atom. The van der Waals surface area contributed by atoms with Gasteiger partial charge < -0.3 is 10.1 Å². The van der Waals surface area contributed by atoms with Crippen LogP contribution in [0.3, 0.4) is 0 Å². The summed E-state index contributed by atoms with van der Waals surface area (Å²) in [7, 11) is 0. The number of carbonyl (C=O) groups excluding carboxylic acids is 1. The SMILES string of the molecule is CCC1CCCC(OC(=O)C2CNCc3ccccc32)C1. The molecule has 114 valence electrons. The first-order valence-corrected chi connectivity index (χ1v) is 8.27. The predicted molar refractivity (Wildman–Crippen MR) is 83.0 cm³/mol. The Bertz CT molecular complexity index is 500. The van der Waals surface area contributed by atoms with Gasteiger partial charge in [-0.25, -0.2) is 0 Å². The van der Waals surface area contributed by atoms with Gasteiger partial charge in [0.2, 0.25) is 0 Å². The highest BCUT2D eigenvalue weighted by Crippen LogP contribution is 2.31. The van der Waals surface area contributed by atoms with Crippen molar-refractivity contribution in [2.24, 2.45) is 5.92 Å². The maximum atomic E-state index is 12.6. The Morgan fingerprint density at radius 2 is 2.19 bits per heavy atom. The Labute approximate surface area is 127 Å². The molecule has 0 radical (unpaired) electrons. The summed E-state index contributed by atoms with van der Waals surface area (Å²) in [6.07, 6.45) is 5.88. The van der Waals surface area contributed by atoms with E-state index < -0.39 is 0 Å². The highest BCUT2D eigenvalue weighted by molar-refractivity contribution is 5.79. The van der Waals surface area contributed by atoms with Crippen LogP contribution in [0.4, 0.5) is 0 Å². The summed E-state index contributed by atoms with van der Waals surface area (Å²) >= 11 is 0. The predicted octanol–water partition coefficient (Wildman–Crippen LogP) is 3.39. The zero-order valence-corrected chi connectivity index (χ0v) is 12.8. The summed E-state index contributed by atoms with van der Waals surface area (Å²) in [6.45, 7) is 3.78. The first kappa shape index (κ1) is 14.6. The lowest BCUT2D eigenvalue weighted by Gasteiger charge is -2.31. The summed E-state index contributed by atoms with van der Waals surface area (Å²) in [5, 5.41) is 3.33. The molecule has 3 unspecified atom stereocenters. The van der Waals surface area contributed by atoms with E-state index in [-0.39, 0.29) is 18.0 Å². The second-order valence-corrected chi connectivity index (χ2v) is 6.38. The zero-order chi connectivity index (χ0) is 14.7. The highest BCUT2D eigenvalue weighted by atomic mass is 16.5. The fraction of sp³-hybridized carbons (Fsp3) is 0.611. The van der Waals surface area contributed by atoms with E-state index in [0.29, 0.717) is 6.54 Å². The number of esters is 1. The van der Waals surface area contributed by atoms with Gasteiger partial charge >= 0.3 is 5.97 Å². The molecule has 3 rings (SSSR count). The van der Waals surface area contributed by atoms with Crippen LogP contribution in [-0.2, 0) is 16.1 Å². The number of hydrogen-bond donors (Lipinski definition) is 1. The third-order valence-corrected chi connectivity index (χ3v) is 4.97. The van der Waals surface area contributed by atoms with E-state index in [4.69, 9.17) is 4.74 Å². The topological polar surface area (TPSA) is 38.3 Å². The van der Waals surface area contributed by atoms with Crippen molar-refractivity contribution in [2.75, 3.05) is 6.54 Å². The number of benzene rings is 1. The second kappa shape index (κ2) is 6.61. The first-order chi connectivity index (χ1) is 10.3. The summed E-state index contributed by atoms with van der Waals surface area (Å²) in [5.74, 6) is 0.543. The molecular weight excluding hydrogens is 262 g/mol. The van der Waals surface area contributed by atoms with Crippen LogP contribution >= 0.6 is 0 Å². The normalized spacial score (nSPS) is 28.7.